The summed E-state index contributed by atoms with van der Waals surface area (Å²) < 4.78 is 79.1. The Morgan fingerprint density at radius 2 is 0.947 bits per heavy atom. The highest BCUT2D eigenvalue weighted by Gasteiger charge is 2.58. The molecule has 0 saturated carbocycles. The summed E-state index contributed by atoms with van der Waals surface area (Å²) in [6.45, 7) is 6.40. The second-order valence-corrected chi connectivity index (χ2v) is 20.4. The van der Waals surface area contributed by atoms with Gasteiger partial charge in [-0.1, -0.05) is 144 Å². The molecule has 19 nitrogen and oxygen atoms in total. The van der Waals surface area contributed by atoms with E-state index in [2.05, 4.69) is 0 Å². The maximum atomic E-state index is 14.2. The van der Waals surface area contributed by atoms with Crippen molar-refractivity contribution in [3.05, 3.63) is 144 Å². The van der Waals surface area contributed by atoms with Crippen LogP contribution >= 0.6 is 34.8 Å². The zero-order chi connectivity index (χ0) is 54.5. The largest absolute Gasteiger partial charge is 0.456 e. The van der Waals surface area contributed by atoms with Gasteiger partial charge in [0.2, 0.25) is 12.2 Å². The first-order valence-corrected chi connectivity index (χ1v) is 25.5. The van der Waals surface area contributed by atoms with E-state index in [-0.39, 0.29) is 32.0 Å². The first kappa shape index (κ1) is 58.4. The molecule has 3 saturated heterocycles. The van der Waals surface area contributed by atoms with E-state index in [0.29, 0.717) is 0 Å². The van der Waals surface area contributed by atoms with Crippen molar-refractivity contribution in [3.63, 3.8) is 0 Å². The third-order valence-electron chi connectivity index (χ3n) is 12.3. The lowest BCUT2D eigenvalue weighted by Crippen LogP contribution is -2.68. The molecule has 0 aromatic heterocycles. The van der Waals surface area contributed by atoms with Crippen molar-refractivity contribution in [2.45, 2.75) is 150 Å². The summed E-state index contributed by atoms with van der Waals surface area (Å²) in [7, 11) is 0. The van der Waals surface area contributed by atoms with E-state index in [1.165, 1.54) is 26.0 Å². The number of carbonyl (C=O) groups excluding carboxylic acids is 4. The van der Waals surface area contributed by atoms with E-state index in [1.54, 1.807) is 18.2 Å². The van der Waals surface area contributed by atoms with Gasteiger partial charge in [-0.2, -0.15) is 0 Å². The lowest BCUT2D eigenvalue weighted by Gasteiger charge is -2.50. The number of alkyl halides is 3. The van der Waals surface area contributed by atoms with Crippen LogP contribution in [0.3, 0.4) is 0 Å². The van der Waals surface area contributed by atoms with Gasteiger partial charge in [-0.05, 0) is 42.7 Å². The average molecular weight is 1120 g/mol. The molecule has 0 bridgehead atoms. The van der Waals surface area contributed by atoms with Gasteiger partial charge in [0.05, 0.1) is 44.2 Å². The number of halogens is 3. The van der Waals surface area contributed by atoms with Crippen molar-refractivity contribution < 1.29 is 85.9 Å². The standard InChI is InChI=1S/C54H60Cl3NO18/c1-30-41(69-32(3)59)45(70-33(4)60)47(71-34(5)61)51(67-30)75-46-42(31(2)68-52(76-53(58)54(55,56)57)48(46)73-49(63)38-24-16-9-17-25-38)74-50-44(66-28-37-22-14-8-15-23-37)40(62)43(65-27-36-20-12-7-13-21-36)39(72-50)29-64-26-35-18-10-6-11-19-35/h6-25,30-31,39-48,50-52,58,62H,26-29H2,1-5H3/t30-,31-,39+,40-,41-,42-,43+,44+,45+,46+,47+,48+,50+,51-,52-/m0/s1. The number of esters is 4. The Kier molecular flexibility index (Phi) is 21.0. The molecule has 3 fully saturated rings. The molecular formula is C54H60Cl3NO18. The third-order valence-corrected chi connectivity index (χ3v) is 12.8. The van der Waals surface area contributed by atoms with Crippen LogP contribution in [-0.2, 0) is 95.8 Å². The molecule has 22 heteroatoms. The Labute approximate surface area is 454 Å². The van der Waals surface area contributed by atoms with E-state index < -0.39 is 126 Å². The predicted octanol–water partition coefficient (Wildman–Crippen LogP) is 7.10. The summed E-state index contributed by atoms with van der Waals surface area (Å²) in [5.41, 5.74) is 2.46. The quantitative estimate of drug-likeness (QED) is 0.0295. The molecular weight excluding hydrogens is 1060 g/mol. The molecule has 3 heterocycles. The predicted molar refractivity (Wildman–Crippen MR) is 271 cm³/mol. The van der Waals surface area contributed by atoms with Gasteiger partial charge >= 0.3 is 23.9 Å². The van der Waals surface area contributed by atoms with Crippen LogP contribution in [-0.4, -0.2) is 137 Å². The molecule has 410 valence electrons. The Balaban J connectivity index is 1.32. The average Bonchev–Trinajstić information content (AvgIpc) is 3.38. The van der Waals surface area contributed by atoms with Gasteiger partial charge in [0.25, 0.3) is 3.79 Å². The highest BCUT2D eigenvalue weighted by Crippen LogP contribution is 2.39. The maximum Gasteiger partial charge on any atom is 0.338 e. The number of benzene rings is 4. The topological polar surface area (TPSA) is 232 Å². The van der Waals surface area contributed by atoms with Crippen molar-refractivity contribution in [2.75, 3.05) is 6.61 Å². The van der Waals surface area contributed by atoms with Gasteiger partial charge < -0.3 is 66.7 Å². The molecule has 7 rings (SSSR count). The zero-order valence-electron chi connectivity index (χ0n) is 42.1. The number of aliphatic hydroxyl groups is 1. The van der Waals surface area contributed by atoms with Crippen molar-refractivity contribution in [3.8, 4) is 0 Å². The Morgan fingerprint density at radius 3 is 1.49 bits per heavy atom. The number of aliphatic hydroxyl groups excluding tert-OH is 1. The van der Waals surface area contributed by atoms with E-state index in [4.69, 9.17) is 102 Å². The second-order valence-electron chi connectivity index (χ2n) is 18.1. The first-order valence-electron chi connectivity index (χ1n) is 24.3. The molecule has 0 unspecified atom stereocenters. The normalized spacial score (nSPS) is 29.6. The smallest absolute Gasteiger partial charge is 0.338 e. The van der Waals surface area contributed by atoms with Gasteiger partial charge in [-0.3, -0.25) is 19.8 Å². The van der Waals surface area contributed by atoms with Gasteiger partial charge in [0.15, 0.2) is 37.0 Å². The van der Waals surface area contributed by atoms with Crippen LogP contribution in [0.5, 0.6) is 0 Å². The van der Waals surface area contributed by atoms with E-state index in [9.17, 15) is 24.3 Å². The Morgan fingerprint density at radius 1 is 0.513 bits per heavy atom. The fraction of sp³-hybridized carbons (Fsp3) is 0.463. The molecule has 3 aliphatic heterocycles. The molecule has 0 aliphatic carbocycles. The third kappa shape index (κ3) is 15.9. The van der Waals surface area contributed by atoms with Crippen molar-refractivity contribution in [1.82, 2.24) is 0 Å². The minimum absolute atomic E-state index is 0.0473. The minimum atomic E-state index is -2.46. The van der Waals surface area contributed by atoms with Gasteiger partial charge in [-0.25, -0.2) is 4.79 Å². The monoisotopic (exact) mass is 1120 g/mol. The van der Waals surface area contributed by atoms with Crippen LogP contribution in [0, 0.1) is 5.41 Å². The summed E-state index contributed by atoms with van der Waals surface area (Å²) in [5, 5.41) is 21.2. The van der Waals surface area contributed by atoms with Crippen LogP contribution in [0.1, 0.15) is 61.7 Å². The zero-order valence-corrected chi connectivity index (χ0v) is 44.3. The SMILES string of the molecule is CC(=O)O[C@@H]1[C@@H](OC(C)=O)[C@H](C)O[C@@H](O[C@@H]2[C@@H](O[C@H]3O[C@H](COCc4ccccc4)[C@@H](OCc4ccccc4)[C@H](O)[C@H]3OCc3ccccc3)[C@H](C)O[C@@H](OC(=N)C(Cl)(Cl)Cl)[C@@H]2OC(=O)c2ccccc2)[C@@H]1OC(C)=O. The van der Waals surface area contributed by atoms with Crippen molar-refractivity contribution in [1.29, 1.82) is 5.41 Å². The highest BCUT2D eigenvalue weighted by molar-refractivity contribution is 6.76. The lowest BCUT2D eigenvalue weighted by molar-refractivity contribution is -0.382. The Bertz CT molecular complexity index is 2510. The fourth-order valence-electron chi connectivity index (χ4n) is 8.80. The molecule has 0 radical (unpaired) electrons. The van der Waals surface area contributed by atoms with Crippen LogP contribution < -0.4 is 0 Å². The highest BCUT2D eigenvalue weighted by atomic mass is 35.6. The summed E-state index contributed by atoms with van der Waals surface area (Å²) in [6.07, 6.45) is -22.1. The van der Waals surface area contributed by atoms with Crippen molar-refractivity contribution >= 4 is 64.6 Å². The maximum absolute atomic E-state index is 14.2. The fourth-order valence-corrected chi connectivity index (χ4v) is 8.93. The molecule has 4 aromatic rings. The number of hydrogen-bond donors (Lipinski definition) is 2. The lowest BCUT2D eigenvalue weighted by atomic mass is 9.95. The number of hydrogen-bond acceptors (Lipinski definition) is 19. The molecule has 0 spiro atoms. The molecule has 4 aromatic carbocycles. The second kappa shape index (κ2) is 27.4. The summed E-state index contributed by atoms with van der Waals surface area (Å²) in [6, 6.07) is 35.7. The number of rotatable bonds is 20. The van der Waals surface area contributed by atoms with Gasteiger partial charge in [0.1, 0.15) is 36.6 Å². The van der Waals surface area contributed by atoms with Crippen LogP contribution in [0.4, 0.5) is 0 Å². The number of nitrogens with one attached hydrogen (secondary N) is 1. The minimum Gasteiger partial charge on any atom is -0.456 e. The molecule has 15 atom stereocenters. The molecule has 3 aliphatic rings. The van der Waals surface area contributed by atoms with Crippen LogP contribution in [0.15, 0.2) is 121 Å². The summed E-state index contributed by atoms with van der Waals surface area (Å²) in [5.74, 6) is -4.40. The molecule has 76 heavy (non-hydrogen) atoms. The van der Waals surface area contributed by atoms with E-state index in [1.807, 2.05) is 91.0 Å². The van der Waals surface area contributed by atoms with E-state index >= 15 is 0 Å². The van der Waals surface area contributed by atoms with Gasteiger partial charge in [0, 0.05) is 20.8 Å². The van der Waals surface area contributed by atoms with Crippen molar-refractivity contribution in [2.24, 2.45) is 0 Å². The van der Waals surface area contributed by atoms with E-state index in [0.717, 1.165) is 37.5 Å². The van der Waals surface area contributed by atoms with Crippen LogP contribution in [0.25, 0.3) is 0 Å². The molecule has 2 N–H and O–H groups in total. The van der Waals surface area contributed by atoms with Crippen LogP contribution in [0.2, 0.25) is 0 Å². The number of carbonyl (C=O) groups is 4. The summed E-state index contributed by atoms with van der Waals surface area (Å²) in [4.78, 5) is 52.3. The summed E-state index contributed by atoms with van der Waals surface area (Å²) >= 11 is 18.4. The van der Waals surface area contributed by atoms with Gasteiger partial charge in [-0.15, -0.1) is 0 Å². The number of ether oxygens (including phenoxy) is 13. The molecule has 0 amide bonds. The first-order chi connectivity index (χ1) is 36.4. The Hall–Kier alpha value is -5.26.